The topological polar surface area (TPSA) is 86.7 Å². The molecule has 1 atom stereocenters. The Balaban J connectivity index is 4.53. The molecule has 18 heavy (non-hydrogen) atoms. The highest BCUT2D eigenvalue weighted by Crippen LogP contribution is 2.27. The molecule has 108 valence electrons. The van der Waals surface area contributed by atoms with Gasteiger partial charge in [-0.05, 0) is 13.8 Å². The third-order valence-electron chi connectivity index (χ3n) is 2.07. The molecule has 0 N–H and O–H groups in total. The van der Waals surface area contributed by atoms with Crippen molar-refractivity contribution >= 4 is 16.2 Å². The minimum absolute atomic E-state index is 0.211. The average molecular weight is 292 g/mol. The van der Waals surface area contributed by atoms with Gasteiger partial charge in [-0.3, -0.25) is 0 Å². The first-order chi connectivity index (χ1) is 8.07. The van der Waals surface area contributed by atoms with E-state index >= 15 is 0 Å². The van der Waals surface area contributed by atoms with Gasteiger partial charge in [0, 0.05) is 13.1 Å². The summed E-state index contributed by atoms with van der Waals surface area (Å²) in [7, 11) is -6.14. The molecule has 0 bridgehead atoms. The Labute approximate surface area is 102 Å². The summed E-state index contributed by atoms with van der Waals surface area (Å²) in [5.41, 5.74) is 0. The molecule has 0 aromatic rings. The highest BCUT2D eigenvalue weighted by Gasteiger charge is 2.48. The summed E-state index contributed by atoms with van der Waals surface area (Å²) in [5.74, 6) is 0. The number of halogens is 3. The number of alkyl halides is 3. The Hall–Kier alpha value is -1.03. The van der Waals surface area contributed by atoms with Crippen LogP contribution in [0.4, 0.5) is 18.0 Å². The highest BCUT2D eigenvalue weighted by atomic mass is 32.2. The summed E-state index contributed by atoms with van der Waals surface area (Å²) in [6.07, 6.45) is -4.47. The van der Waals surface area contributed by atoms with E-state index in [0.29, 0.717) is 0 Å². The molecule has 0 rings (SSSR count). The Morgan fingerprint density at radius 1 is 1.39 bits per heavy atom. The van der Waals surface area contributed by atoms with Crippen molar-refractivity contribution in [3.05, 3.63) is 0 Å². The molecule has 0 aliphatic heterocycles. The molecule has 0 radical (unpaired) electrons. The fourth-order valence-electron chi connectivity index (χ4n) is 0.971. The number of amides is 1. The van der Waals surface area contributed by atoms with E-state index in [0.717, 1.165) is 4.90 Å². The molecule has 0 saturated carbocycles. The first-order valence-corrected chi connectivity index (χ1v) is 6.37. The molecule has 0 aliphatic rings. The third kappa shape index (κ3) is 4.02. The van der Waals surface area contributed by atoms with Crippen molar-refractivity contribution in [3.8, 4) is 0 Å². The maximum absolute atomic E-state index is 12.9. The summed E-state index contributed by atoms with van der Waals surface area (Å²) >= 11 is 0. The second kappa shape index (κ2) is 6.23. The number of hydrogen-bond donors (Lipinski definition) is 0. The molecule has 0 aromatic heterocycles. The summed E-state index contributed by atoms with van der Waals surface area (Å²) in [6.45, 7) is 2.07. The lowest BCUT2D eigenvalue weighted by atomic mass is 10.4. The van der Waals surface area contributed by atoms with Crippen molar-refractivity contribution < 1.29 is 35.7 Å². The van der Waals surface area contributed by atoms with Gasteiger partial charge in [0.05, 0.1) is 0 Å². The van der Waals surface area contributed by atoms with Crippen LogP contribution in [0.5, 0.6) is 0 Å². The zero-order valence-corrected chi connectivity index (χ0v) is 10.5. The van der Waals surface area contributed by atoms with Crippen molar-refractivity contribution in [2.24, 2.45) is 0 Å². The highest BCUT2D eigenvalue weighted by molar-refractivity contribution is 7.86. The van der Waals surface area contributed by atoms with Crippen molar-refractivity contribution in [3.63, 3.8) is 0 Å². The Kier molecular flexibility index (Phi) is 5.87. The molecule has 0 aliphatic carbocycles. The van der Waals surface area contributed by atoms with Gasteiger partial charge in [0.25, 0.3) is 0 Å². The number of nitrogens with zero attached hydrogens (tertiary/aromatic N) is 1. The van der Waals surface area contributed by atoms with Crippen LogP contribution in [0.1, 0.15) is 13.8 Å². The molecule has 0 fully saturated rings. The van der Waals surface area contributed by atoms with E-state index in [1.165, 1.54) is 0 Å². The van der Waals surface area contributed by atoms with Crippen molar-refractivity contribution in [2.75, 3.05) is 19.7 Å². The van der Waals surface area contributed by atoms with Gasteiger partial charge >= 0.3 is 11.3 Å². The Morgan fingerprint density at radius 2 is 1.83 bits per heavy atom. The molecular weight excluding hydrogens is 279 g/mol. The molecule has 10 heteroatoms. The first kappa shape index (κ1) is 17.0. The SMILES string of the molecule is CCN(CC)C(=O)OCC(F)C(F)(F)S(=O)(=O)[O-]. The first-order valence-electron chi connectivity index (χ1n) is 4.96. The normalized spacial score (nSPS) is 14.1. The number of ether oxygens (including phenoxy) is 1. The van der Waals surface area contributed by atoms with Crippen LogP contribution >= 0.6 is 0 Å². The minimum atomic E-state index is -6.14. The molecular formula is C8H13F3NO5S-. The van der Waals surface area contributed by atoms with Crippen molar-refractivity contribution in [1.82, 2.24) is 4.90 Å². The largest absolute Gasteiger partial charge is 0.743 e. The lowest BCUT2D eigenvalue weighted by Gasteiger charge is -2.24. The fraction of sp³-hybridized carbons (Fsp3) is 0.875. The number of carbonyl (C=O) groups excluding carboxylic acids is 1. The van der Waals surface area contributed by atoms with Crippen molar-refractivity contribution in [2.45, 2.75) is 25.3 Å². The fourth-order valence-corrected chi connectivity index (χ4v) is 1.35. The smallest absolute Gasteiger partial charge is 0.409 e. The van der Waals surface area contributed by atoms with E-state index in [9.17, 15) is 30.9 Å². The van der Waals surface area contributed by atoms with Crippen LogP contribution in [-0.4, -0.2) is 55.1 Å². The standard InChI is InChI=1S/C8H14F3NO5S/c1-3-12(4-2)7(13)17-5-6(9)8(10,11)18(14,15)16/h6H,3-5H2,1-2H3,(H,14,15,16)/p-1. The molecule has 1 amide bonds. The molecule has 0 heterocycles. The van der Waals surface area contributed by atoms with Gasteiger partial charge in [0.1, 0.15) is 6.61 Å². The van der Waals surface area contributed by atoms with E-state index in [1.54, 1.807) is 13.8 Å². The van der Waals surface area contributed by atoms with E-state index in [4.69, 9.17) is 0 Å². The van der Waals surface area contributed by atoms with Gasteiger partial charge < -0.3 is 14.2 Å². The van der Waals surface area contributed by atoms with Crippen molar-refractivity contribution in [1.29, 1.82) is 0 Å². The van der Waals surface area contributed by atoms with Gasteiger partial charge in [-0.25, -0.2) is 17.6 Å². The molecule has 1 unspecified atom stereocenters. The second-order valence-corrected chi connectivity index (χ2v) is 4.69. The van der Waals surface area contributed by atoms with E-state index in [1.807, 2.05) is 0 Å². The van der Waals surface area contributed by atoms with Crippen LogP contribution in [0.25, 0.3) is 0 Å². The number of rotatable bonds is 6. The van der Waals surface area contributed by atoms with Crippen LogP contribution in [0, 0.1) is 0 Å². The van der Waals surface area contributed by atoms with Gasteiger partial charge in [-0.1, -0.05) is 0 Å². The molecule has 6 nitrogen and oxygen atoms in total. The van der Waals surface area contributed by atoms with Gasteiger partial charge in [0.15, 0.2) is 10.1 Å². The Morgan fingerprint density at radius 3 is 2.17 bits per heavy atom. The summed E-state index contributed by atoms with van der Waals surface area (Å²) in [5, 5.41) is -5.13. The molecule has 0 spiro atoms. The maximum atomic E-state index is 12.9. The van der Waals surface area contributed by atoms with Crippen LogP contribution in [-0.2, 0) is 14.9 Å². The molecule has 0 saturated heterocycles. The quantitative estimate of drug-likeness (QED) is 0.680. The number of carbonyl (C=O) groups is 1. The van der Waals surface area contributed by atoms with E-state index in [-0.39, 0.29) is 13.1 Å². The lowest BCUT2D eigenvalue weighted by Crippen LogP contribution is -2.42. The van der Waals surface area contributed by atoms with Crippen LogP contribution in [0.15, 0.2) is 0 Å². The lowest BCUT2D eigenvalue weighted by molar-refractivity contribution is -0.0347. The number of hydrogen-bond acceptors (Lipinski definition) is 5. The van der Waals surface area contributed by atoms with Gasteiger partial charge in [-0.15, -0.1) is 0 Å². The predicted molar refractivity (Wildman–Crippen MR) is 53.8 cm³/mol. The zero-order chi connectivity index (χ0) is 14.6. The predicted octanol–water partition coefficient (Wildman–Crippen LogP) is 0.941. The maximum Gasteiger partial charge on any atom is 0.409 e. The third-order valence-corrected chi connectivity index (χ3v) is 3.00. The van der Waals surface area contributed by atoms with E-state index in [2.05, 4.69) is 4.74 Å². The minimum Gasteiger partial charge on any atom is -0.743 e. The summed E-state index contributed by atoms with van der Waals surface area (Å²) < 4.78 is 72.6. The molecule has 0 aromatic carbocycles. The Bertz CT molecular complexity index is 382. The van der Waals surface area contributed by atoms with Gasteiger partial charge in [-0.2, -0.15) is 8.78 Å². The van der Waals surface area contributed by atoms with Crippen LogP contribution < -0.4 is 0 Å². The summed E-state index contributed by atoms with van der Waals surface area (Å²) in [6, 6.07) is 0. The second-order valence-electron chi connectivity index (χ2n) is 3.23. The zero-order valence-electron chi connectivity index (χ0n) is 9.73. The summed E-state index contributed by atoms with van der Waals surface area (Å²) in [4.78, 5) is 12.2. The van der Waals surface area contributed by atoms with Gasteiger partial charge in [0.2, 0.25) is 6.17 Å². The van der Waals surface area contributed by atoms with Crippen LogP contribution in [0.3, 0.4) is 0 Å². The average Bonchev–Trinajstić information content (AvgIpc) is 2.25. The van der Waals surface area contributed by atoms with E-state index < -0.39 is 34.2 Å². The monoisotopic (exact) mass is 292 g/mol. The van der Waals surface area contributed by atoms with Crippen LogP contribution in [0.2, 0.25) is 0 Å².